The fourth-order valence-corrected chi connectivity index (χ4v) is 2.96. The van der Waals surface area contributed by atoms with Crippen LogP contribution in [0.5, 0.6) is 0 Å². The number of esters is 1. The number of anilines is 1. The Labute approximate surface area is 177 Å². The van der Waals surface area contributed by atoms with Gasteiger partial charge in [-0.1, -0.05) is 6.07 Å². The summed E-state index contributed by atoms with van der Waals surface area (Å²) in [4.78, 5) is 52.8. The van der Waals surface area contributed by atoms with E-state index in [2.05, 4.69) is 10.3 Å². The topological polar surface area (TPSA) is 117 Å². The molecule has 13 heteroatoms. The normalized spacial score (nSPS) is 12.6. The number of rotatable bonds is 5. The van der Waals surface area contributed by atoms with Crippen LogP contribution in [0.2, 0.25) is 0 Å². The van der Waals surface area contributed by atoms with Crippen molar-refractivity contribution in [3.8, 4) is 0 Å². The molecule has 3 rings (SSSR count). The van der Waals surface area contributed by atoms with Crippen LogP contribution in [0.1, 0.15) is 12.5 Å². The highest BCUT2D eigenvalue weighted by atomic mass is 19.4. The molecule has 1 unspecified atom stereocenters. The summed E-state index contributed by atoms with van der Waals surface area (Å²) in [6.45, 7) is 0.765. The van der Waals surface area contributed by atoms with Crippen LogP contribution in [0, 0.1) is 0 Å². The van der Waals surface area contributed by atoms with Crippen LogP contribution >= 0.6 is 0 Å². The highest BCUT2D eigenvalue weighted by Crippen LogP contribution is 2.30. The number of aromatic nitrogens is 4. The van der Waals surface area contributed by atoms with Crippen molar-refractivity contribution < 1.29 is 27.5 Å². The monoisotopic (exact) mass is 453 g/mol. The number of carbonyl (C=O) groups excluding carboxylic acids is 2. The molecule has 0 aliphatic rings. The summed E-state index contributed by atoms with van der Waals surface area (Å²) in [6.07, 6.45) is -4.73. The van der Waals surface area contributed by atoms with E-state index < -0.39 is 47.5 Å². The van der Waals surface area contributed by atoms with Crippen LogP contribution in [0.15, 0.2) is 40.2 Å². The SMILES string of the molecule is CC(OC(=O)Cn1cnc2c1c(=O)n(C)c(=O)n2C)C(=O)Nc1cccc(C(F)(F)F)c1. The van der Waals surface area contributed by atoms with Crippen LogP contribution in [0.25, 0.3) is 11.2 Å². The van der Waals surface area contributed by atoms with E-state index in [0.29, 0.717) is 0 Å². The second-order valence-corrected chi connectivity index (χ2v) is 6.95. The number of hydrogen-bond acceptors (Lipinski definition) is 6. The lowest BCUT2D eigenvalue weighted by atomic mass is 10.2. The third kappa shape index (κ3) is 4.40. The van der Waals surface area contributed by atoms with Gasteiger partial charge in [0.1, 0.15) is 6.54 Å². The number of nitrogens with one attached hydrogen (secondary N) is 1. The zero-order chi connectivity index (χ0) is 23.8. The number of carbonyl (C=O) groups is 2. The van der Waals surface area contributed by atoms with Gasteiger partial charge in [-0.25, -0.2) is 9.78 Å². The van der Waals surface area contributed by atoms with Crippen molar-refractivity contribution in [2.75, 3.05) is 5.32 Å². The lowest BCUT2D eigenvalue weighted by Gasteiger charge is -2.15. The van der Waals surface area contributed by atoms with Gasteiger partial charge in [0.15, 0.2) is 17.3 Å². The fraction of sp³-hybridized carbons (Fsp3) is 0.316. The average Bonchev–Trinajstić information content (AvgIpc) is 3.13. The number of alkyl halides is 3. The Hall–Kier alpha value is -3.90. The average molecular weight is 453 g/mol. The molecular formula is C19H18F3N5O5. The molecule has 1 N–H and O–H groups in total. The van der Waals surface area contributed by atoms with E-state index in [4.69, 9.17) is 4.74 Å². The predicted octanol–water partition coefficient (Wildman–Crippen LogP) is 1.02. The molecule has 0 radical (unpaired) electrons. The highest BCUT2D eigenvalue weighted by molar-refractivity contribution is 5.95. The molecule has 2 heterocycles. The molecule has 0 saturated heterocycles. The number of benzene rings is 1. The Bertz CT molecular complexity index is 1320. The maximum atomic E-state index is 12.8. The zero-order valence-electron chi connectivity index (χ0n) is 17.1. The van der Waals surface area contributed by atoms with E-state index >= 15 is 0 Å². The van der Waals surface area contributed by atoms with Crippen molar-refractivity contribution in [1.82, 2.24) is 18.7 Å². The lowest BCUT2D eigenvalue weighted by Crippen LogP contribution is -2.38. The molecule has 0 bridgehead atoms. The number of hydrogen-bond donors (Lipinski definition) is 1. The molecule has 0 aliphatic carbocycles. The summed E-state index contributed by atoms with van der Waals surface area (Å²) in [5.41, 5.74) is -2.24. The molecule has 0 spiro atoms. The Morgan fingerprint density at radius 2 is 1.88 bits per heavy atom. The molecule has 0 fully saturated rings. The molecular weight excluding hydrogens is 435 g/mol. The molecule has 0 aliphatic heterocycles. The fourth-order valence-electron chi connectivity index (χ4n) is 2.96. The lowest BCUT2D eigenvalue weighted by molar-refractivity contribution is -0.153. The maximum absolute atomic E-state index is 12.8. The molecule has 1 aromatic carbocycles. The summed E-state index contributed by atoms with van der Waals surface area (Å²) in [5.74, 6) is -1.74. The van der Waals surface area contributed by atoms with E-state index in [1.807, 2.05) is 0 Å². The smallest absolute Gasteiger partial charge is 0.416 e. The van der Waals surface area contributed by atoms with Crippen LogP contribution < -0.4 is 16.6 Å². The van der Waals surface area contributed by atoms with E-state index in [9.17, 15) is 32.3 Å². The minimum Gasteiger partial charge on any atom is -0.451 e. The van der Waals surface area contributed by atoms with E-state index in [-0.39, 0.29) is 16.9 Å². The van der Waals surface area contributed by atoms with Gasteiger partial charge < -0.3 is 14.6 Å². The number of nitrogens with zero attached hydrogens (tertiary/aromatic N) is 4. The quantitative estimate of drug-likeness (QED) is 0.577. The molecule has 32 heavy (non-hydrogen) atoms. The Kier molecular flexibility index (Phi) is 5.92. The standard InChI is InChI=1S/C19H18F3N5O5/c1-10(16(29)24-12-6-4-5-11(7-12)19(20,21)22)32-13(28)8-27-9-23-15-14(27)17(30)26(3)18(31)25(15)2/h4-7,9-10H,8H2,1-3H3,(H,24,29). The van der Waals surface area contributed by atoms with Crippen LogP contribution in [-0.2, 0) is 41.1 Å². The Morgan fingerprint density at radius 3 is 2.53 bits per heavy atom. The molecule has 2 aromatic heterocycles. The molecule has 170 valence electrons. The van der Waals surface area contributed by atoms with Crippen molar-refractivity contribution in [3.05, 3.63) is 57.0 Å². The van der Waals surface area contributed by atoms with Crippen molar-refractivity contribution in [2.45, 2.75) is 25.7 Å². The molecule has 3 aromatic rings. The van der Waals surface area contributed by atoms with Crippen molar-refractivity contribution in [3.63, 3.8) is 0 Å². The summed E-state index contributed by atoms with van der Waals surface area (Å²) >= 11 is 0. The predicted molar refractivity (Wildman–Crippen MR) is 106 cm³/mol. The van der Waals surface area contributed by atoms with Crippen LogP contribution in [0.4, 0.5) is 18.9 Å². The number of ether oxygens (including phenoxy) is 1. The molecule has 10 nitrogen and oxygen atoms in total. The van der Waals surface area contributed by atoms with Gasteiger partial charge in [0, 0.05) is 19.8 Å². The number of halogens is 3. The first-order valence-electron chi connectivity index (χ1n) is 9.18. The van der Waals surface area contributed by atoms with E-state index in [1.165, 1.54) is 38.0 Å². The van der Waals surface area contributed by atoms with Gasteiger partial charge in [-0.2, -0.15) is 13.2 Å². The van der Waals surface area contributed by atoms with Crippen molar-refractivity contribution in [1.29, 1.82) is 0 Å². The Morgan fingerprint density at radius 1 is 1.19 bits per heavy atom. The molecule has 0 saturated carbocycles. The first kappa shape index (κ1) is 22.8. The van der Waals surface area contributed by atoms with Gasteiger partial charge in [-0.3, -0.25) is 23.5 Å². The number of fused-ring (bicyclic) bond motifs is 1. The van der Waals surface area contributed by atoms with Crippen molar-refractivity contribution in [2.24, 2.45) is 14.1 Å². The summed E-state index contributed by atoms with van der Waals surface area (Å²) < 4.78 is 46.6. The van der Waals surface area contributed by atoms with Crippen LogP contribution in [0.3, 0.4) is 0 Å². The molecule has 1 amide bonds. The summed E-state index contributed by atoms with van der Waals surface area (Å²) in [6, 6.07) is 4.01. The van der Waals surface area contributed by atoms with Gasteiger partial charge >= 0.3 is 17.8 Å². The second-order valence-electron chi connectivity index (χ2n) is 6.95. The summed E-state index contributed by atoms with van der Waals surface area (Å²) in [7, 11) is 2.69. The first-order valence-corrected chi connectivity index (χ1v) is 9.18. The van der Waals surface area contributed by atoms with Gasteiger partial charge in [0.05, 0.1) is 11.9 Å². The van der Waals surface area contributed by atoms with Gasteiger partial charge in [0.25, 0.3) is 11.5 Å². The third-order valence-corrected chi connectivity index (χ3v) is 4.65. The van der Waals surface area contributed by atoms with Gasteiger partial charge in [-0.05, 0) is 25.1 Å². The van der Waals surface area contributed by atoms with E-state index in [0.717, 1.165) is 27.3 Å². The van der Waals surface area contributed by atoms with Crippen molar-refractivity contribution >= 4 is 28.7 Å². The molecule has 1 atom stereocenters. The minimum absolute atomic E-state index is 0.00683. The highest BCUT2D eigenvalue weighted by Gasteiger charge is 2.30. The first-order chi connectivity index (χ1) is 14.9. The maximum Gasteiger partial charge on any atom is 0.416 e. The van der Waals surface area contributed by atoms with Crippen LogP contribution in [-0.4, -0.2) is 36.7 Å². The summed E-state index contributed by atoms with van der Waals surface area (Å²) in [5, 5.41) is 2.25. The number of amides is 1. The minimum atomic E-state index is -4.58. The largest absolute Gasteiger partial charge is 0.451 e. The second kappa shape index (κ2) is 8.32. The number of imidazole rings is 1. The van der Waals surface area contributed by atoms with E-state index in [1.54, 1.807) is 0 Å². The Balaban J connectivity index is 1.71. The number of aryl methyl sites for hydroxylation is 1. The zero-order valence-corrected chi connectivity index (χ0v) is 17.1. The van der Waals surface area contributed by atoms with Gasteiger partial charge in [-0.15, -0.1) is 0 Å². The van der Waals surface area contributed by atoms with Gasteiger partial charge in [0.2, 0.25) is 0 Å². The third-order valence-electron chi connectivity index (χ3n) is 4.65.